The summed E-state index contributed by atoms with van der Waals surface area (Å²) in [5, 5.41) is 13.7. The Balaban J connectivity index is 2.61. The summed E-state index contributed by atoms with van der Waals surface area (Å²) in [5.74, 6) is -1.45. The van der Waals surface area contributed by atoms with Gasteiger partial charge in [0.25, 0.3) is 0 Å². The normalized spacial score (nSPS) is 11.0. The molecule has 1 rings (SSSR count). The molecule has 21 heavy (non-hydrogen) atoms. The van der Waals surface area contributed by atoms with Gasteiger partial charge in [0.2, 0.25) is 10.0 Å². The molecule has 0 fully saturated rings. The first-order valence-corrected chi connectivity index (χ1v) is 7.76. The number of urea groups is 1. The van der Waals surface area contributed by atoms with Gasteiger partial charge in [-0.3, -0.25) is 0 Å². The second-order valence-corrected chi connectivity index (χ2v) is 6.42. The molecule has 2 amide bonds. The van der Waals surface area contributed by atoms with E-state index >= 15 is 0 Å². The van der Waals surface area contributed by atoms with E-state index in [2.05, 4.69) is 15.4 Å². The van der Waals surface area contributed by atoms with Crippen molar-refractivity contribution in [3.8, 4) is 0 Å². The quantitative estimate of drug-likeness (QED) is 0.609. The summed E-state index contributed by atoms with van der Waals surface area (Å²) in [7, 11) is -2.13. The molecule has 1 aromatic carbocycles. The largest absolute Gasteiger partial charge is 0.478 e. The van der Waals surface area contributed by atoms with Crippen LogP contribution in [0.2, 0.25) is 5.02 Å². The van der Waals surface area contributed by atoms with Gasteiger partial charge in [0.05, 0.1) is 11.3 Å². The molecule has 0 spiro atoms. The fraction of sp³-hybridized carbons (Fsp3) is 0.273. The predicted octanol–water partition coefficient (Wildman–Crippen LogP) is 0.709. The number of aromatic carboxylic acids is 1. The number of carboxylic acid groups (broad SMARTS) is 1. The number of carboxylic acids is 1. The van der Waals surface area contributed by atoms with Crippen molar-refractivity contribution in [2.45, 2.75) is 0 Å². The Bertz CT molecular complexity index is 647. The number of carbonyl (C=O) groups excluding carboxylic acids is 1. The smallest absolute Gasteiger partial charge is 0.335 e. The first kappa shape index (κ1) is 17.2. The third-order valence-electron chi connectivity index (χ3n) is 2.37. The van der Waals surface area contributed by atoms with Gasteiger partial charge in [0.15, 0.2) is 0 Å². The molecular formula is C11H14ClN3O5S. The van der Waals surface area contributed by atoms with E-state index in [4.69, 9.17) is 16.7 Å². The van der Waals surface area contributed by atoms with Crippen molar-refractivity contribution in [3.63, 3.8) is 0 Å². The minimum Gasteiger partial charge on any atom is -0.478 e. The molecule has 0 unspecified atom stereocenters. The molecule has 0 aliphatic heterocycles. The van der Waals surface area contributed by atoms with Crippen LogP contribution < -0.4 is 15.4 Å². The van der Waals surface area contributed by atoms with Gasteiger partial charge in [0, 0.05) is 17.3 Å². The number of anilines is 1. The molecule has 0 radical (unpaired) electrons. The standard InChI is InChI=1S/C11H14ClN3O5S/c1-13-21(19,20)3-2-14-11(18)15-9-5-7(10(16)17)4-8(12)6-9/h4-6,13H,2-3H2,1H3,(H,16,17)(H2,14,15,18). The van der Waals surface area contributed by atoms with Gasteiger partial charge in [0.1, 0.15) is 0 Å². The molecule has 10 heteroatoms. The number of hydrogen-bond acceptors (Lipinski definition) is 4. The van der Waals surface area contributed by atoms with Crippen LogP contribution in [0.1, 0.15) is 10.4 Å². The van der Waals surface area contributed by atoms with Crippen molar-refractivity contribution >= 4 is 39.3 Å². The lowest BCUT2D eigenvalue weighted by atomic mass is 10.2. The lowest BCUT2D eigenvalue weighted by Gasteiger charge is -2.09. The van der Waals surface area contributed by atoms with E-state index in [9.17, 15) is 18.0 Å². The van der Waals surface area contributed by atoms with Crippen molar-refractivity contribution in [2.75, 3.05) is 24.7 Å². The van der Waals surface area contributed by atoms with Crippen LogP contribution in [-0.2, 0) is 10.0 Å². The van der Waals surface area contributed by atoms with Crippen LogP contribution in [0, 0.1) is 0 Å². The van der Waals surface area contributed by atoms with Gasteiger partial charge < -0.3 is 15.7 Å². The second kappa shape index (κ2) is 7.25. The predicted molar refractivity (Wildman–Crippen MR) is 78.3 cm³/mol. The van der Waals surface area contributed by atoms with Gasteiger partial charge >= 0.3 is 12.0 Å². The molecule has 0 aliphatic rings. The minimum atomic E-state index is -3.40. The molecule has 0 bridgehead atoms. The van der Waals surface area contributed by atoms with Crippen LogP contribution in [0.25, 0.3) is 0 Å². The van der Waals surface area contributed by atoms with Gasteiger partial charge in [-0.15, -0.1) is 0 Å². The molecule has 0 heterocycles. The SMILES string of the molecule is CNS(=O)(=O)CCNC(=O)Nc1cc(Cl)cc(C(=O)O)c1. The molecule has 4 N–H and O–H groups in total. The second-order valence-electron chi connectivity index (χ2n) is 3.94. The van der Waals surface area contributed by atoms with Crippen molar-refractivity contribution in [3.05, 3.63) is 28.8 Å². The maximum absolute atomic E-state index is 11.6. The number of halogens is 1. The summed E-state index contributed by atoms with van der Waals surface area (Å²) in [6.45, 7) is -0.0959. The highest BCUT2D eigenvalue weighted by Crippen LogP contribution is 2.19. The summed E-state index contributed by atoms with van der Waals surface area (Å²) in [6, 6.07) is 3.18. The zero-order valence-electron chi connectivity index (χ0n) is 11.0. The van der Waals surface area contributed by atoms with Crippen molar-refractivity contribution in [1.29, 1.82) is 0 Å². The van der Waals surface area contributed by atoms with Crippen LogP contribution in [0.3, 0.4) is 0 Å². The number of hydrogen-bond donors (Lipinski definition) is 4. The number of rotatable bonds is 6. The first-order chi connectivity index (χ1) is 9.73. The molecule has 0 aliphatic carbocycles. The zero-order chi connectivity index (χ0) is 16.0. The van der Waals surface area contributed by atoms with Crippen LogP contribution in [-0.4, -0.2) is 44.9 Å². The first-order valence-electron chi connectivity index (χ1n) is 5.73. The summed E-state index contributed by atoms with van der Waals surface area (Å²) in [5.41, 5.74) is 0.115. The third kappa shape index (κ3) is 5.98. The topological polar surface area (TPSA) is 125 Å². The van der Waals surface area contributed by atoms with E-state index in [1.54, 1.807) is 0 Å². The molecule has 8 nitrogen and oxygen atoms in total. The van der Waals surface area contributed by atoms with E-state index in [1.165, 1.54) is 25.2 Å². The molecule has 0 saturated heterocycles. The van der Waals surface area contributed by atoms with E-state index in [0.29, 0.717) is 0 Å². The Labute approximate surface area is 126 Å². The molecule has 0 atom stereocenters. The molecule has 0 saturated carbocycles. The third-order valence-corrected chi connectivity index (χ3v) is 3.95. The average molecular weight is 336 g/mol. The molecule has 1 aromatic rings. The van der Waals surface area contributed by atoms with Crippen molar-refractivity contribution in [1.82, 2.24) is 10.0 Å². The van der Waals surface area contributed by atoms with Crippen LogP contribution in [0.5, 0.6) is 0 Å². The Kier molecular flexibility index (Phi) is 5.94. The highest BCUT2D eigenvalue weighted by atomic mass is 35.5. The number of carbonyl (C=O) groups is 2. The fourth-order valence-electron chi connectivity index (χ4n) is 1.36. The monoisotopic (exact) mass is 335 g/mol. The van der Waals surface area contributed by atoms with Gasteiger partial charge in [-0.2, -0.15) is 0 Å². The lowest BCUT2D eigenvalue weighted by Crippen LogP contribution is -2.35. The van der Waals surface area contributed by atoms with Gasteiger partial charge in [-0.1, -0.05) is 11.6 Å². The lowest BCUT2D eigenvalue weighted by molar-refractivity contribution is 0.0697. The maximum atomic E-state index is 11.6. The minimum absolute atomic E-state index is 0.0736. The molecule has 116 valence electrons. The van der Waals surface area contributed by atoms with E-state index < -0.39 is 22.0 Å². The van der Waals surface area contributed by atoms with E-state index in [0.717, 1.165) is 0 Å². The summed E-state index contributed by atoms with van der Waals surface area (Å²) in [6.07, 6.45) is 0. The maximum Gasteiger partial charge on any atom is 0.335 e. The number of sulfonamides is 1. The summed E-state index contributed by atoms with van der Waals surface area (Å²) < 4.78 is 24.4. The summed E-state index contributed by atoms with van der Waals surface area (Å²) in [4.78, 5) is 22.4. The van der Waals surface area contributed by atoms with E-state index in [1.807, 2.05) is 0 Å². The number of amides is 2. The van der Waals surface area contributed by atoms with Crippen LogP contribution in [0.15, 0.2) is 18.2 Å². The van der Waals surface area contributed by atoms with Gasteiger partial charge in [-0.05, 0) is 25.2 Å². The van der Waals surface area contributed by atoms with Gasteiger partial charge in [-0.25, -0.2) is 22.7 Å². The zero-order valence-corrected chi connectivity index (χ0v) is 12.6. The molecular weight excluding hydrogens is 322 g/mol. The Morgan fingerprint density at radius 2 is 1.95 bits per heavy atom. The van der Waals surface area contributed by atoms with Crippen LogP contribution in [0.4, 0.5) is 10.5 Å². The highest BCUT2D eigenvalue weighted by Gasteiger charge is 2.10. The Morgan fingerprint density at radius 1 is 1.29 bits per heavy atom. The van der Waals surface area contributed by atoms with Crippen molar-refractivity contribution < 1.29 is 23.1 Å². The average Bonchev–Trinajstić information content (AvgIpc) is 2.37. The Hall–Kier alpha value is -1.84. The number of nitrogens with one attached hydrogen (secondary N) is 3. The van der Waals surface area contributed by atoms with Crippen LogP contribution >= 0.6 is 11.6 Å². The molecule has 0 aromatic heterocycles. The number of benzene rings is 1. The fourth-order valence-corrected chi connectivity index (χ4v) is 2.17. The summed E-state index contributed by atoms with van der Waals surface area (Å²) >= 11 is 5.74. The van der Waals surface area contributed by atoms with Crippen molar-refractivity contribution in [2.24, 2.45) is 0 Å². The van der Waals surface area contributed by atoms with E-state index in [-0.39, 0.29) is 28.6 Å². The Morgan fingerprint density at radius 3 is 2.52 bits per heavy atom. The highest BCUT2D eigenvalue weighted by molar-refractivity contribution is 7.89.